The van der Waals surface area contributed by atoms with E-state index in [9.17, 15) is 0 Å². The number of ether oxygens (including phenoxy) is 1. The van der Waals surface area contributed by atoms with Crippen LogP contribution in [0.4, 0.5) is 5.82 Å². The van der Waals surface area contributed by atoms with Crippen LogP contribution in [0.3, 0.4) is 0 Å². The molecule has 3 N–H and O–H groups in total. The summed E-state index contributed by atoms with van der Waals surface area (Å²) in [5.41, 5.74) is 5.87. The van der Waals surface area contributed by atoms with Gasteiger partial charge in [0.15, 0.2) is 0 Å². The van der Waals surface area contributed by atoms with E-state index in [1.165, 1.54) is 25.7 Å². The lowest BCUT2D eigenvalue weighted by atomic mass is 9.79. The van der Waals surface area contributed by atoms with Gasteiger partial charge in [0.1, 0.15) is 12.1 Å². The molecular formula is C15H26N4O. The quantitative estimate of drug-likeness (QED) is 0.801. The lowest BCUT2D eigenvalue weighted by Gasteiger charge is -2.30. The van der Waals surface area contributed by atoms with Crippen LogP contribution in [-0.2, 0) is 0 Å². The summed E-state index contributed by atoms with van der Waals surface area (Å²) in [5, 5.41) is 3.41. The molecule has 1 aliphatic carbocycles. The number of nitrogens with one attached hydrogen (secondary N) is 1. The first-order valence-corrected chi connectivity index (χ1v) is 7.72. The van der Waals surface area contributed by atoms with Crippen molar-refractivity contribution in [1.29, 1.82) is 0 Å². The molecule has 2 atom stereocenters. The number of nitrogens with two attached hydrogens (primary N) is 1. The monoisotopic (exact) mass is 278 g/mol. The maximum Gasteiger partial charge on any atom is 0.218 e. The molecule has 2 rings (SSSR count). The van der Waals surface area contributed by atoms with Crippen molar-refractivity contribution in [2.75, 3.05) is 25.0 Å². The van der Waals surface area contributed by atoms with Crippen LogP contribution in [0.15, 0.2) is 12.4 Å². The Morgan fingerprint density at radius 2 is 2.10 bits per heavy atom. The number of hydrogen-bond donors (Lipinski definition) is 2. The van der Waals surface area contributed by atoms with Crippen molar-refractivity contribution in [3.05, 3.63) is 12.4 Å². The molecule has 1 fully saturated rings. The minimum absolute atomic E-state index is 0.642. The fraction of sp³-hybridized carbons (Fsp3) is 0.733. The molecule has 5 nitrogen and oxygen atoms in total. The molecule has 0 spiro atoms. The van der Waals surface area contributed by atoms with E-state index in [4.69, 9.17) is 10.5 Å². The minimum Gasteiger partial charge on any atom is -0.478 e. The van der Waals surface area contributed by atoms with Gasteiger partial charge < -0.3 is 15.8 Å². The van der Waals surface area contributed by atoms with Gasteiger partial charge in [-0.15, -0.1) is 0 Å². The Bertz CT molecular complexity index is 399. The van der Waals surface area contributed by atoms with Crippen LogP contribution in [0.5, 0.6) is 5.88 Å². The third-order valence-corrected chi connectivity index (χ3v) is 4.01. The van der Waals surface area contributed by atoms with Crippen LogP contribution in [-0.4, -0.2) is 29.7 Å². The van der Waals surface area contributed by atoms with Crippen LogP contribution in [0, 0.1) is 11.8 Å². The highest BCUT2D eigenvalue weighted by atomic mass is 16.5. The normalized spacial score (nSPS) is 22.5. The van der Waals surface area contributed by atoms with Crippen LogP contribution in [0.2, 0.25) is 0 Å². The number of rotatable bonds is 7. The van der Waals surface area contributed by atoms with Crippen molar-refractivity contribution in [3.63, 3.8) is 0 Å². The minimum atomic E-state index is 0.642. The van der Waals surface area contributed by atoms with Crippen molar-refractivity contribution in [3.8, 4) is 5.88 Å². The van der Waals surface area contributed by atoms with Crippen LogP contribution < -0.4 is 15.8 Å². The highest BCUT2D eigenvalue weighted by Crippen LogP contribution is 2.29. The molecule has 1 saturated carbocycles. The average Bonchev–Trinajstić information content (AvgIpc) is 2.51. The highest BCUT2D eigenvalue weighted by Gasteiger charge is 2.23. The highest BCUT2D eigenvalue weighted by molar-refractivity contribution is 5.37. The second-order valence-electron chi connectivity index (χ2n) is 5.51. The van der Waals surface area contributed by atoms with Crippen molar-refractivity contribution < 1.29 is 4.74 Å². The van der Waals surface area contributed by atoms with E-state index in [0.29, 0.717) is 24.3 Å². The average molecular weight is 278 g/mol. The van der Waals surface area contributed by atoms with Crippen molar-refractivity contribution in [2.45, 2.75) is 39.0 Å². The molecule has 20 heavy (non-hydrogen) atoms. The zero-order chi connectivity index (χ0) is 14.2. The standard InChI is InChI=1S/C15H26N4O/c1-2-7-20-15-8-14(18-11-19-15)17-10-13-6-4-3-5-12(13)9-16/h8,11-13H,2-7,9-10,16H2,1H3,(H,17,18,19). The molecule has 0 saturated heterocycles. The Hall–Kier alpha value is -1.36. The second kappa shape index (κ2) is 8.04. The van der Waals surface area contributed by atoms with Gasteiger partial charge in [-0.25, -0.2) is 9.97 Å². The summed E-state index contributed by atoms with van der Waals surface area (Å²) < 4.78 is 5.52. The lowest BCUT2D eigenvalue weighted by Crippen LogP contribution is -2.31. The maximum atomic E-state index is 5.87. The summed E-state index contributed by atoms with van der Waals surface area (Å²) >= 11 is 0. The van der Waals surface area contributed by atoms with E-state index in [1.807, 2.05) is 6.07 Å². The summed E-state index contributed by atoms with van der Waals surface area (Å²) in [7, 11) is 0. The van der Waals surface area contributed by atoms with E-state index < -0.39 is 0 Å². The zero-order valence-corrected chi connectivity index (χ0v) is 12.3. The van der Waals surface area contributed by atoms with Gasteiger partial charge in [-0.2, -0.15) is 0 Å². The van der Waals surface area contributed by atoms with Gasteiger partial charge in [-0.3, -0.25) is 0 Å². The molecule has 0 radical (unpaired) electrons. The third-order valence-electron chi connectivity index (χ3n) is 4.01. The summed E-state index contributed by atoms with van der Waals surface area (Å²) in [5.74, 6) is 2.79. The van der Waals surface area contributed by atoms with E-state index >= 15 is 0 Å². The topological polar surface area (TPSA) is 73.1 Å². The first-order chi connectivity index (χ1) is 9.83. The molecule has 1 aromatic heterocycles. The smallest absolute Gasteiger partial charge is 0.218 e. The molecule has 1 heterocycles. The van der Waals surface area contributed by atoms with E-state index in [1.54, 1.807) is 6.33 Å². The molecule has 0 amide bonds. The number of anilines is 1. The molecule has 0 bridgehead atoms. The molecule has 0 aromatic carbocycles. The summed E-state index contributed by atoms with van der Waals surface area (Å²) in [4.78, 5) is 8.36. The van der Waals surface area contributed by atoms with Crippen molar-refractivity contribution >= 4 is 5.82 Å². The van der Waals surface area contributed by atoms with E-state index in [0.717, 1.165) is 25.3 Å². The molecule has 1 aliphatic rings. The van der Waals surface area contributed by atoms with Gasteiger partial charge in [0.25, 0.3) is 0 Å². The predicted molar refractivity (Wildman–Crippen MR) is 80.8 cm³/mol. The summed E-state index contributed by atoms with van der Waals surface area (Å²) in [6.45, 7) is 4.50. The zero-order valence-electron chi connectivity index (χ0n) is 12.3. The van der Waals surface area contributed by atoms with E-state index in [-0.39, 0.29) is 0 Å². The Balaban J connectivity index is 1.86. The largest absolute Gasteiger partial charge is 0.478 e. The van der Waals surface area contributed by atoms with Gasteiger partial charge in [0.2, 0.25) is 5.88 Å². The first kappa shape index (κ1) is 15.0. The fourth-order valence-electron chi connectivity index (χ4n) is 2.82. The Kier molecular flexibility index (Phi) is 6.05. The third kappa shape index (κ3) is 4.34. The Morgan fingerprint density at radius 3 is 2.85 bits per heavy atom. The van der Waals surface area contributed by atoms with Gasteiger partial charge >= 0.3 is 0 Å². The lowest BCUT2D eigenvalue weighted by molar-refractivity contribution is 0.255. The fourth-order valence-corrected chi connectivity index (χ4v) is 2.82. The summed E-state index contributed by atoms with van der Waals surface area (Å²) in [6, 6.07) is 1.87. The van der Waals surface area contributed by atoms with Crippen molar-refractivity contribution in [1.82, 2.24) is 9.97 Å². The number of aromatic nitrogens is 2. The summed E-state index contributed by atoms with van der Waals surface area (Å²) in [6.07, 6.45) is 7.69. The molecule has 112 valence electrons. The van der Waals surface area contributed by atoms with Gasteiger partial charge in [0.05, 0.1) is 6.61 Å². The Morgan fingerprint density at radius 1 is 1.30 bits per heavy atom. The number of hydrogen-bond acceptors (Lipinski definition) is 5. The van der Waals surface area contributed by atoms with Gasteiger partial charge in [-0.05, 0) is 37.6 Å². The van der Waals surface area contributed by atoms with Gasteiger partial charge in [-0.1, -0.05) is 19.8 Å². The molecule has 2 unspecified atom stereocenters. The van der Waals surface area contributed by atoms with Crippen molar-refractivity contribution in [2.24, 2.45) is 17.6 Å². The van der Waals surface area contributed by atoms with Crippen LogP contribution >= 0.6 is 0 Å². The Labute approximate surface area is 121 Å². The maximum absolute atomic E-state index is 5.87. The second-order valence-corrected chi connectivity index (χ2v) is 5.51. The molecular weight excluding hydrogens is 252 g/mol. The molecule has 0 aliphatic heterocycles. The van der Waals surface area contributed by atoms with Gasteiger partial charge in [0, 0.05) is 12.6 Å². The SMILES string of the molecule is CCCOc1cc(NCC2CCCCC2CN)ncn1. The number of nitrogens with zero attached hydrogens (tertiary/aromatic N) is 2. The molecule has 1 aromatic rings. The van der Waals surface area contributed by atoms with Crippen LogP contribution in [0.25, 0.3) is 0 Å². The molecule has 5 heteroatoms. The first-order valence-electron chi connectivity index (χ1n) is 7.72. The van der Waals surface area contributed by atoms with E-state index in [2.05, 4.69) is 22.2 Å². The predicted octanol–water partition coefficient (Wildman–Crippen LogP) is 2.44. The van der Waals surface area contributed by atoms with Crippen LogP contribution in [0.1, 0.15) is 39.0 Å².